The van der Waals surface area contributed by atoms with Gasteiger partial charge in [0.1, 0.15) is 6.17 Å². The van der Waals surface area contributed by atoms with E-state index in [1.807, 2.05) is 24.3 Å². The van der Waals surface area contributed by atoms with Crippen LogP contribution >= 0.6 is 0 Å². The Kier molecular flexibility index (Phi) is 2.85. The first-order valence-corrected chi connectivity index (χ1v) is 5.42. The lowest BCUT2D eigenvalue weighted by Crippen LogP contribution is -2.03. The van der Waals surface area contributed by atoms with Gasteiger partial charge in [-0.2, -0.15) is 0 Å². The Morgan fingerprint density at radius 1 is 1.33 bits per heavy atom. The van der Waals surface area contributed by atoms with E-state index in [1.54, 1.807) is 6.92 Å². The van der Waals surface area contributed by atoms with Crippen LogP contribution in [-0.4, -0.2) is 12.0 Å². The summed E-state index contributed by atoms with van der Waals surface area (Å²) in [5.74, 6) is 0.313. The molecule has 1 aromatic carbocycles. The molecule has 1 nitrogen and oxygen atoms in total. The molecule has 1 fully saturated rings. The quantitative estimate of drug-likeness (QED) is 0.677. The van der Waals surface area contributed by atoms with Crippen LogP contribution in [0.2, 0.25) is 0 Å². The molecule has 0 N–H and O–H groups in total. The van der Waals surface area contributed by atoms with Gasteiger partial charge in [-0.25, -0.2) is 4.39 Å². The molecular formula is C13H15FO. The maximum atomic E-state index is 13.1. The van der Waals surface area contributed by atoms with E-state index >= 15 is 0 Å². The van der Waals surface area contributed by atoms with Crippen molar-refractivity contribution in [3.05, 3.63) is 35.4 Å². The lowest BCUT2D eigenvalue weighted by atomic mass is 9.91. The van der Waals surface area contributed by atoms with Gasteiger partial charge in [0, 0.05) is 5.56 Å². The molecule has 0 aromatic heterocycles. The molecule has 15 heavy (non-hydrogen) atoms. The third-order valence-electron chi connectivity index (χ3n) is 3.15. The van der Waals surface area contributed by atoms with Gasteiger partial charge in [-0.05, 0) is 37.7 Å². The SMILES string of the molecule is CC(=O)c1ccccc1C1CCC(F)C1. The van der Waals surface area contributed by atoms with Crippen molar-refractivity contribution in [2.45, 2.75) is 38.3 Å². The second-order valence-corrected chi connectivity index (χ2v) is 4.25. The molecule has 0 aliphatic heterocycles. The molecule has 1 saturated carbocycles. The Balaban J connectivity index is 2.31. The van der Waals surface area contributed by atoms with Crippen molar-refractivity contribution in [1.82, 2.24) is 0 Å². The summed E-state index contributed by atoms with van der Waals surface area (Å²) in [6.07, 6.45) is 1.39. The zero-order chi connectivity index (χ0) is 10.8. The van der Waals surface area contributed by atoms with Gasteiger partial charge < -0.3 is 0 Å². The lowest BCUT2D eigenvalue weighted by Gasteiger charge is -2.13. The smallest absolute Gasteiger partial charge is 0.160 e. The third-order valence-corrected chi connectivity index (χ3v) is 3.15. The average molecular weight is 206 g/mol. The van der Waals surface area contributed by atoms with Crippen LogP contribution in [0.5, 0.6) is 0 Å². The number of alkyl halides is 1. The molecule has 0 spiro atoms. The summed E-state index contributed by atoms with van der Waals surface area (Å²) in [6, 6.07) is 7.58. The molecule has 0 heterocycles. The van der Waals surface area contributed by atoms with Gasteiger partial charge in [-0.3, -0.25) is 4.79 Å². The Morgan fingerprint density at radius 2 is 2.07 bits per heavy atom. The van der Waals surface area contributed by atoms with Crippen LogP contribution in [0, 0.1) is 0 Å². The average Bonchev–Trinajstić information content (AvgIpc) is 2.65. The fourth-order valence-electron chi connectivity index (χ4n) is 2.38. The number of hydrogen-bond donors (Lipinski definition) is 0. The summed E-state index contributed by atoms with van der Waals surface area (Å²) < 4.78 is 13.1. The summed E-state index contributed by atoms with van der Waals surface area (Å²) >= 11 is 0. The maximum Gasteiger partial charge on any atom is 0.160 e. The first kappa shape index (κ1) is 10.3. The van der Waals surface area contributed by atoms with E-state index in [4.69, 9.17) is 0 Å². The van der Waals surface area contributed by atoms with Crippen molar-refractivity contribution in [1.29, 1.82) is 0 Å². The highest BCUT2D eigenvalue weighted by molar-refractivity contribution is 5.95. The molecule has 0 saturated heterocycles. The summed E-state index contributed by atoms with van der Waals surface area (Å²) in [5, 5.41) is 0. The predicted octanol–water partition coefficient (Wildman–Crippen LogP) is 3.49. The van der Waals surface area contributed by atoms with Gasteiger partial charge in [-0.1, -0.05) is 24.3 Å². The highest BCUT2D eigenvalue weighted by Gasteiger charge is 2.27. The Morgan fingerprint density at radius 3 is 2.67 bits per heavy atom. The maximum absolute atomic E-state index is 13.1. The van der Waals surface area contributed by atoms with Gasteiger partial charge in [-0.15, -0.1) is 0 Å². The van der Waals surface area contributed by atoms with Crippen LogP contribution in [0.4, 0.5) is 4.39 Å². The molecule has 1 aliphatic carbocycles. The number of halogens is 1. The van der Waals surface area contributed by atoms with Crippen LogP contribution in [0.3, 0.4) is 0 Å². The predicted molar refractivity (Wildman–Crippen MR) is 57.9 cm³/mol. The van der Waals surface area contributed by atoms with Crippen molar-refractivity contribution in [2.24, 2.45) is 0 Å². The Bertz CT molecular complexity index is 373. The fourth-order valence-corrected chi connectivity index (χ4v) is 2.38. The van der Waals surface area contributed by atoms with Crippen molar-refractivity contribution < 1.29 is 9.18 Å². The lowest BCUT2D eigenvalue weighted by molar-refractivity contribution is 0.101. The molecule has 0 bridgehead atoms. The third kappa shape index (κ3) is 2.09. The van der Waals surface area contributed by atoms with Crippen molar-refractivity contribution in [3.8, 4) is 0 Å². The van der Waals surface area contributed by atoms with Gasteiger partial charge in [0.05, 0.1) is 0 Å². The molecule has 0 radical (unpaired) electrons. The molecule has 1 aromatic rings. The van der Waals surface area contributed by atoms with Crippen molar-refractivity contribution in [2.75, 3.05) is 0 Å². The molecule has 1 aliphatic rings. The molecular weight excluding hydrogens is 191 g/mol. The fraction of sp³-hybridized carbons (Fsp3) is 0.462. The van der Waals surface area contributed by atoms with Crippen molar-refractivity contribution in [3.63, 3.8) is 0 Å². The van der Waals surface area contributed by atoms with E-state index in [0.29, 0.717) is 12.8 Å². The minimum atomic E-state index is -0.685. The van der Waals surface area contributed by atoms with E-state index < -0.39 is 6.17 Å². The van der Waals surface area contributed by atoms with Gasteiger partial charge in [0.15, 0.2) is 5.78 Å². The second kappa shape index (κ2) is 4.13. The van der Waals surface area contributed by atoms with Crippen LogP contribution in [0.1, 0.15) is 48.0 Å². The van der Waals surface area contributed by atoms with Crippen LogP contribution < -0.4 is 0 Å². The topological polar surface area (TPSA) is 17.1 Å². The number of ketones is 1. The molecule has 80 valence electrons. The van der Waals surface area contributed by atoms with Gasteiger partial charge in [0.25, 0.3) is 0 Å². The zero-order valence-electron chi connectivity index (χ0n) is 8.87. The Hall–Kier alpha value is -1.18. The normalized spacial score (nSPS) is 25.5. The largest absolute Gasteiger partial charge is 0.295 e. The van der Waals surface area contributed by atoms with Gasteiger partial charge in [0.2, 0.25) is 0 Å². The van der Waals surface area contributed by atoms with E-state index in [9.17, 15) is 9.18 Å². The minimum absolute atomic E-state index is 0.0768. The molecule has 2 rings (SSSR count). The van der Waals surface area contributed by atoms with E-state index in [1.165, 1.54) is 0 Å². The van der Waals surface area contributed by atoms with E-state index in [-0.39, 0.29) is 11.7 Å². The second-order valence-electron chi connectivity index (χ2n) is 4.25. The minimum Gasteiger partial charge on any atom is -0.295 e. The number of carbonyl (C=O) groups excluding carboxylic acids is 1. The summed E-state index contributed by atoms with van der Waals surface area (Å²) in [6.45, 7) is 1.57. The molecule has 2 atom stereocenters. The summed E-state index contributed by atoms with van der Waals surface area (Å²) in [7, 11) is 0. The molecule has 0 amide bonds. The van der Waals surface area contributed by atoms with Crippen LogP contribution in [-0.2, 0) is 0 Å². The number of carbonyl (C=O) groups is 1. The highest BCUT2D eigenvalue weighted by Crippen LogP contribution is 2.37. The number of Topliss-reactive ketones (excluding diaryl/α,β-unsaturated/α-hetero) is 1. The van der Waals surface area contributed by atoms with Crippen molar-refractivity contribution >= 4 is 5.78 Å². The van der Waals surface area contributed by atoms with Crippen LogP contribution in [0.15, 0.2) is 24.3 Å². The molecule has 2 heteroatoms. The summed E-state index contributed by atoms with van der Waals surface area (Å²) in [4.78, 5) is 11.4. The van der Waals surface area contributed by atoms with Crippen LogP contribution in [0.25, 0.3) is 0 Å². The number of hydrogen-bond acceptors (Lipinski definition) is 1. The number of benzene rings is 1. The zero-order valence-corrected chi connectivity index (χ0v) is 8.87. The first-order valence-electron chi connectivity index (χ1n) is 5.42. The highest BCUT2D eigenvalue weighted by atomic mass is 19.1. The standard InChI is InChI=1S/C13H15FO/c1-9(15)12-4-2-3-5-13(12)10-6-7-11(14)8-10/h2-5,10-11H,6-8H2,1H3. The van der Waals surface area contributed by atoms with E-state index in [2.05, 4.69) is 0 Å². The molecule has 2 unspecified atom stereocenters. The Labute approximate surface area is 89.3 Å². The van der Waals surface area contributed by atoms with E-state index in [0.717, 1.165) is 17.5 Å². The van der Waals surface area contributed by atoms with Gasteiger partial charge >= 0.3 is 0 Å². The summed E-state index contributed by atoms with van der Waals surface area (Å²) in [5.41, 5.74) is 1.79. The number of rotatable bonds is 2. The first-order chi connectivity index (χ1) is 7.18. The monoisotopic (exact) mass is 206 g/mol.